The van der Waals surface area contributed by atoms with Crippen LogP contribution < -0.4 is 0 Å². The van der Waals surface area contributed by atoms with Gasteiger partial charge in [0.1, 0.15) is 0 Å². The van der Waals surface area contributed by atoms with Crippen LogP contribution in [0.2, 0.25) is 10.0 Å². The molecule has 0 aromatic heterocycles. The molecular formula is C15H14Cl4N2Ti-2. The van der Waals surface area contributed by atoms with Gasteiger partial charge >= 0.3 is 35.6 Å². The van der Waals surface area contributed by atoms with Crippen molar-refractivity contribution in [1.29, 1.82) is 0 Å². The molecule has 0 spiro atoms. The number of hydrogen-bond donors (Lipinski definition) is 0. The van der Waals surface area contributed by atoms with Crippen LogP contribution in [0.3, 0.4) is 0 Å². The number of hydrogen-bond acceptors (Lipinski definition) is 0. The summed E-state index contributed by atoms with van der Waals surface area (Å²) in [5.74, 6) is 0. The molecule has 2 aromatic rings. The summed E-state index contributed by atoms with van der Waals surface area (Å²) in [6.07, 6.45) is 0.922. The van der Waals surface area contributed by atoms with Gasteiger partial charge in [0.2, 0.25) is 0 Å². The SMILES string of the molecule is Clc1ccc([N-]CCC[N-]c2ccc(Cl)cc2)cc1.[Cl][Ti][Cl]. The molecule has 2 rings (SSSR count). The number of rotatable bonds is 6. The van der Waals surface area contributed by atoms with Gasteiger partial charge in [-0.1, -0.05) is 53.9 Å². The van der Waals surface area contributed by atoms with Crippen molar-refractivity contribution in [3.8, 4) is 0 Å². The molecule has 118 valence electrons. The molecule has 0 saturated carbocycles. The van der Waals surface area contributed by atoms with Crippen LogP contribution in [0.1, 0.15) is 6.42 Å². The average Bonchev–Trinajstić information content (AvgIpc) is 2.51. The van der Waals surface area contributed by atoms with E-state index in [0.717, 1.165) is 40.9 Å². The van der Waals surface area contributed by atoms with E-state index >= 15 is 0 Å². The number of halogens is 4. The van der Waals surface area contributed by atoms with Crippen LogP contribution in [0.4, 0.5) is 11.4 Å². The van der Waals surface area contributed by atoms with E-state index in [1.807, 2.05) is 48.5 Å². The molecule has 0 aliphatic rings. The van der Waals surface area contributed by atoms with Crippen molar-refractivity contribution in [2.24, 2.45) is 0 Å². The van der Waals surface area contributed by atoms with Crippen molar-refractivity contribution in [3.63, 3.8) is 0 Å². The summed E-state index contributed by atoms with van der Waals surface area (Å²) in [7, 11) is 9.78. The maximum atomic E-state index is 5.81. The van der Waals surface area contributed by atoms with Crippen molar-refractivity contribution >= 4 is 53.2 Å². The zero-order valence-electron chi connectivity index (χ0n) is 11.6. The van der Waals surface area contributed by atoms with E-state index in [1.165, 1.54) is 0 Å². The van der Waals surface area contributed by atoms with Crippen LogP contribution in [-0.2, 0) is 17.0 Å². The van der Waals surface area contributed by atoms with Crippen molar-refractivity contribution < 1.29 is 17.0 Å². The summed E-state index contributed by atoms with van der Waals surface area (Å²) >= 11 is 11.1. The van der Waals surface area contributed by atoms with Crippen LogP contribution in [0.15, 0.2) is 48.5 Å². The minimum atomic E-state index is -0.556. The fourth-order valence-corrected chi connectivity index (χ4v) is 1.83. The predicted molar refractivity (Wildman–Crippen MR) is 95.0 cm³/mol. The summed E-state index contributed by atoms with van der Waals surface area (Å²) in [5, 5.41) is 10.4. The topological polar surface area (TPSA) is 28.2 Å². The van der Waals surface area contributed by atoms with Crippen LogP contribution in [0, 0.1) is 0 Å². The Morgan fingerprint density at radius 1 is 0.682 bits per heavy atom. The molecule has 0 bridgehead atoms. The number of nitrogens with zero attached hydrogens (tertiary/aromatic N) is 2. The zero-order chi connectivity index (χ0) is 16.2. The predicted octanol–water partition coefficient (Wildman–Crippen LogP) is 7.47. The second-order valence-electron chi connectivity index (χ2n) is 4.14. The third-order valence-corrected chi connectivity index (χ3v) is 3.06. The fraction of sp³-hybridized carbons (Fsp3) is 0.200. The minimum absolute atomic E-state index is 0.556. The molecule has 0 N–H and O–H groups in total. The molecule has 0 amide bonds. The fourth-order valence-electron chi connectivity index (χ4n) is 1.58. The molecule has 0 heterocycles. The summed E-state index contributed by atoms with van der Waals surface area (Å²) < 4.78 is 0. The molecule has 22 heavy (non-hydrogen) atoms. The van der Waals surface area contributed by atoms with E-state index in [9.17, 15) is 0 Å². The monoisotopic (exact) mass is 410 g/mol. The third-order valence-electron chi connectivity index (χ3n) is 2.56. The first kappa shape index (κ1) is 20.0. The first-order chi connectivity index (χ1) is 10.7. The molecule has 0 atom stereocenters. The Balaban J connectivity index is 0.000000745. The summed E-state index contributed by atoms with van der Waals surface area (Å²) in [5.41, 5.74) is 1.91. The Kier molecular flexibility index (Phi) is 11.2. The molecule has 0 unspecified atom stereocenters. The molecule has 2 nitrogen and oxygen atoms in total. The van der Waals surface area contributed by atoms with Crippen molar-refractivity contribution in [1.82, 2.24) is 0 Å². The standard InChI is InChI=1S/C15H14Cl2N2.2ClH.Ti/c16-12-2-6-14(7-3-12)18-10-1-11-19-15-8-4-13(17)5-9-15;;;/h2-9H,1,10-11H2;2*1H;/q-2;;;+2/p-2. The Morgan fingerprint density at radius 3 is 1.32 bits per heavy atom. The average molecular weight is 412 g/mol. The van der Waals surface area contributed by atoms with E-state index in [1.54, 1.807) is 0 Å². The van der Waals surface area contributed by atoms with E-state index in [0.29, 0.717) is 0 Å². The van der Waals surface area contributed by atoms with Crippen molar-refractivity contribution in [2.75, 3.05) is 13.1 Å². The normalized spacial score (nSPS) is 9.45. The van der Waals surface area contributed by atoms with Crippen LogP contribution >= 0.6 is 41.8 Å². The van der Waals surface area contributed by atoms with Gasteiger partial charge in [-0.25, -0.2) is 0 Å². The number of benzene rings is 2. The van der Waals surface area contributed by atoms with Gasteiger partial charge in [0, 0.05) is 10.0 Å². The Hall–Kier alpha value is -0.0857. The van der Waals surface area contributed by atoms with Crippen LogP contribution in [0.5, 0.6) is 0 Å². The van der Waals surface area contributed by atoms with Crippen LogP contribution in [0.25, 0.3) is 10.6 Å². The molecule has 0 aliphatic heterocycles. The van der Waals surface area contributed by atoms with Gasteiger partial charge in [-0.05, 0) is 24.3 Å². The molecule has 0 saturated heterocycles. The Bertz CT molecular complexity index is 473. The first-order valence-electron chi connectivity index (χ1n) is 6.48. The summed E-state index contributed by atoms with van der Waals surface area (Å²) in [4.78, 5) is 0. The van der Waals surface area contributed by atoms with Crippen molar-refractivity contribution in [3.05, 3.63) is 69.2 Å². The second kappa shape index (κ2) is 12.4. The molecule has 0 radical (unpaired) electrons. The van der Waals surface area contributed by atoms with Crippen molar-refractivity contribution in [2.45, 2.75) is 6.42 Å². The van der Waals surface area contributed by atoms with Gasteiger partial charge in [-0.2, -0.15) is 0 Å². The van der Waals surface area contributed by atoms with Gasteiger partial charge in [-0.15, -0.1) is 24.5 Å². The second-order valence-corrected chi connectivity index (χ2v) is 7.59. The Labute approximate surface area is 158 Å². The first-order valence-corrected chi connectivity index (χ1v) is 11.5. The molecule has 2 aromatic carbocycles. The zero-order valence-corrected chi connectivity index (χ0v) is 16.2. The van der Waals surface area contributed by atoms with E-state index in [4.69, 9.17) is 41.8 Å². The van der Waals surface area contributed by atoms with Gasteiger partial charge in [-0.3, -0.25) is 0 Å². The van der Waals surface area contributed by atoms with Crippen LogP contribution in [-0.4, -0.2) is 13.1 Å². The van der Waals surface area contributed by atoms with Gasteiger partial charge in [0.25, 0.3) is 0 Å². The molecule has 0 aliphatic carbocycles. The van der Waals surface area contributed by atoms with E-state index < -0.39 is 17.0 Å². The summed E-state index contributed by atoms with van der Waals surface area (Å²) in [6.45, 7) is 1.53. The van der Waals surface area contributed by atoms with E-state index in [-0.39, 0.29) is 0 Å². The maximum absolute atomic E-state index is 5.81. The molecule has 0 fully saturated rings. The van der Waals surface area contributed by atoms with E-state index in [2.05, 4.69) is 10.6 Å². The molecular weight excluding hydrogens is 398 g/mol. The molecule has 7 heteroatoms. The van der Waals surface area contributed by atoms with Gasteiger partial charge < -0.3 is 10.6 Å². The third kappa shape index (κ3) is 9.14. The summed E-state index contributed by atoms with van der Waals surface area (Å²) in [6, 6.07) is 15.0. The van der Waals surface area contributed by atoms with Gasteiger partial charge in [0.05, 0.1) is 0 Å². The quantitative estimate of drug-likeness (QED) is 0.348. The van der Waals surface area contributed by atoms with Gasteiger partial charge in [0.15, 0.2) is 0 Å². The Morgan fingerprint density at radius 2 is 1.00 bits per heavy atom.